The Balaban J connectivity index is 2.29. The first-order valence-corrected chi connectivity index (χ1v) is 3.16. The zero-order chi connectivity index (χ0) is 7.56. The van der Waals surface area contributed by atoms with Crippen LogP contribution in [0.3, 0.4) is 0 Å². The summed E-state index contributed by atoms with van der Waals surface area (Å²) in [5, 5.41) is 12.0. The Kier molecular flexibility index (Phi) is 2.11. The number of hydrogen-bond donors (Lipinski definition) is 1. The number of oxime groups is 1. The van der Waals surface area contributed by atoms with Gasteiger partial charge >= 0.3 is 5.97 Å². The fourth-order valence-corrected chi connectivity index (χ4v) is 0.910. The molecule has 4 nitrogen and oxygen atoms in total. The van der Waals surface area contributed by atoms with Crippen molar-refractivity contribution in [2.45, 2.75) is 18.9 Å². The summed E-state index contributed by atoms with van der Waals surface area (Å²) in [7, 11) is 0. The van der Waals surface area contributed by atoms with Gasteiger partial charge in [-0.1, -0.05) is 16.8 Å². The van der Waals surface area contributed by atoms with E-state index < -0.39 is 5.97 Å². The summed E-state index contributed by atoms with van der Waals surface area (Å²) in [5.74, 6) is -0.897. The molecule has 1 unspecified atom stereocenters. The number of hydrogen-bond acceptors (Lipinski definition) is 3. The summed E-state index contributed by atoms with van der Waals surface area (Å²) in [6.07, 6.45) is -0.00174. The largest absolute Gasteiger partial charge is 0.481 e. The third-order valence-electron chi connectivity index (χ3n) is 1.10. The van der Waals surface area contributed by atoms with Crippen molar-refractivity contribution in [1.29, 1.82) is 0 Å². The Morgan fingerprint density at radius 3 is 3.10 bits per heavy atom. The molecule has 1 aliphatic rings. The van der Waals surface area contributed by atoms with Crippen LogP contribution in [-0.4, -0.2) is 22.4 Å². The fourth-order valence-electron chi connectivity index (χ4n) is 0.698. The average Bonchev–Trinajstić information content (AvgIpc) is 2.13. The molecule has 1 aliphatic heterocycles. The molecule has 0 aromatic heterocycles. The molecule has 0 aromatic carbocycles. The van der Waals surface area contributed by atoms with Gasteiger partial charge in [-0.05, 0) is 0 Å². The van der Waals surface area contributed by atoms with E-state index in [0.29, 0.717) is 11.6 Å². The summed E-state index contributed by atoms with van der Waals surface area (Å²) < 4.78 is 0. The van der Waals surface area contributed by atoms with E-state index in [-0.39, 0.29) is 12.5 Å². The average molecular weight is 164 g/mol. The first kappa shape index (κ1) is 7.34. The molecule has 56 valence electrons. The van der Waals surface area contributed by atoms with Crippen LogP contribution >= 0.6 is 11.6 Å². The van der Waals surface area contributed by atoms with Crippen molar-refractivity contribution in [3.8, 4) is 0 Å². The maximum absolute atomic E-state index is 10.1. The maximum Gasteiger partial charge on any atom is 0.307 e. The highest BCUT2D eigenvalue weighted by atomic mass is 35.5. The third-order valence-corrected chi connectivity index (χ3v) is 1.32. The standard InChI is InChI=1S/C5H6ClNO3/c6-4-1-3(10-7-4)2-5(8)9/h3H,1-2H2,(H,8,9). The van der Waals surface area contributed by atoms with Crippen molar-refractivity contribution in [1.82, 2.24) is 0 Å². The molecule has 0 amide bonds. The van der Waals surface area contributed by atoms with E-state index in [4.69, 9.17) is 16.7 Å². The highest BCUT2D eigenvalue weighted by Gasteiger charge is 2.21. The van der Waals surface area contributed by atoms with Crippen molar-refractivity contribution < 1.29 is 14.7 Å². The Morgan fingerprint density at radius 2 is 2.70 bits per heavy atom. The number of halogens is 1. The van der Waals surface area contributed by atoms with Crippen LogP contribution < -0.4 is 0 Å². The van der Waals surface area contributed by atoms with E-state index in [9.17, 15) is 4.79 Å². The van der Waals surface area contributed by atoms with Crippen LogP contribution in [0.4, 0.5) is 0 Å². The zero-order valence-corrected chi connectivity index (χ0v) is 5.84. The second kappa shape index (κ2) is 2.88. The van der Waals surface area contributed by atoms with Gasteiger partial charge in [0.15, 0.2) is 0 Å². The van der Waals surface area contributed by atoms with E-state index in [0.717, 1.165) is 0 Å². The normalized spacial score (nSPS) is 23.7. The highest BCUT2D eigenvalue weighted by molar-refractivity contribution is 6.65. The van der Waals surface area contributed by atoms with Gasteiger partial charge in [-0.2, -0.15) is 0 Å². The molecule has 0 spiro atoms. The van der Waals surface area contributed by atoms with Crippen LogP contribution in [0.5, 0.6) is 0 Å². The highest BCUT2D eigenvalue weighted by Crippen LogP contribution is 2.15. The van der Waals surface area contributed by atoms with E-state index in [1.807, 2.05) is 0 Å². The van der Waals surface area contributed by atoms with Gasteiger partial charge in [0.25, 0.3) is 0 Å². The molecule has 10 heavy (non-hydrogen) atoms. The number of carboxylic acid groups (broad SMARTS) is 1. The number of nitrogens with zero attached hydrogens (tertiary/aromatic N) is 1. The lowest BCUT2D eigenvalue weighted by atomic mass is 10.2. The van der Waals surface area contributed by atoms with E-state index in [2.05, 4.69) is 9.99 Å². The summed E-state index contributed by atoms with van der Waals surface area (Å²) in [6, 6.07) is 0. The molecule has 0 saturated heterocycles. The second-order valence-corrected chi connectivity index (χ2v) is 2.43. The van der Waals surface area contributed by atoms with Crippen LogP contribution in [0, 0.1) is 0 Å². The third kappa shape index (κ3) is 1.88. The van der Waals surface area contributed by atoms with Crippen LogP contribution in [-0.2, 0) is 9.63 Å². The molecule has 0 saturated carbocycles. The van der Waals surface area contributed by atoms with E-state index in [1.54, 1.807) is 0 Å². The number of carboxylic acids is 1. The van der Waals surface area contributed by atoms with Gasteiger partial charge in [-0.3, -0.25) is 4.79 Å². The van der Waals surface area contributed by atoms with Gasteiger partial charge in [0.2, 0.25) is 0 Å². The van der Waals surface area contributed by atoms with Crippen molar-refractivity contribution in [2.24, 2.45) is 5.16 Å². The van der Waals surface area contributed by atoms with E-state index in [1.165, 1.54) is 0 Å². The summed E-state index contributed by atoms with van der Waals surface area (Å²) in [6.45, 7) is 0. The Labute approximate surface area is 62.4 Å². The van der Waals surface area contributed by atoms with Crippen molar-refractivity contribution in [3.05, 3.63) is 0 Å². The first-order valence-electron chi connectivity index (χ1n) is 2.78. The Bertz CT molecular complexity index is 180. The van der Waals surface area contributed by atoms with Gasteiger partial charge < -0.3 is 9.94 Å². The smallest absolute Gasteiger partial charge is 0.307 e. The molecule has 1 atom stereocenters. The van der Waals surface area contributed by atoms with Crippen molar-refractivity contribution in [2.75, 3.05) is 0 Å². The monoisotopic (exact) mass is 163 g/mol. The van der Waals surface area contributed by atoms with E-state index >= 15 is 0 Å². The van der Waals surface area contributed by atoms with Gasteiger partial charge in [-0.25, -0.2) is 0 Å². The molecule has 1 rings (SSSR count). The molecule has 0 fully saturated rings. The van der Waals surface area contributed by atoms with Gasteiger partial charge in [0.1, 0.15) is 11.3 Å². The summed E-state index contributed by atoms with van der Waals surface area (Å²) in [5.41, 5.74) is 0. The van der Waals surface area contributed by atoms with Crippen LogP contribution in [0.15, 0.2) is 5.16 Å². The first-order chi connectivity index (χ1) is 4.68. The number of aliphatic carboxylic acids is 1. The van der Waals surface area contributed by atoms with Crippen LogP contribution in [0.1, 0.15) is 12.8 Å². The molecule has 1 N–H and O–H groups in total. The zero-order valence-electron chi connectivity index (χ0n) is 5.08. The molecular weight excluding hydrogens is 158 g/mol. The fraction of sp³-hybridized carbons (Fsp3) is 0.600. The molecule has 0 aliphatic carbocycles. The predicted molar refractivity (Wildman–Crippen MR) is 35.0 cm³/mol. The van der Waals surface area contributed by atoms with Gasteiger partial charge in [0.05, 0.1) is 6.42 Å². The Morgan fingerprint density at radius 1 is 2.00 bits per heavy atom. The van der Waals surface area contributed by atoms with Crippen molar-refractivity contribution in [3.63, 3.8) is 0 Å². The molecule has 0 radical (unpaired) electrons. The molecule has 5 heteroatoms. The van der Waals surface area contributed by atoms with Crippen LogP contribution in [0.2, 0.25) is 0 Å². The second-order valence-electron chi connectivity index (χ2n) is 2.00. The number of carbonyl (C=O) groups is 1. The molecule has 0 aromatic rings. The summed E-state index contributed by atoms with van der Waals surface area (Å²) in [4.78, 5) is 14.7. The maximum atomic E-state index is 10.1. The predicted octanol–water partition coefficient (Wildman–Crippen LogP) is 0.802. The lowest BCUT2D eigenvalue weighted by Crippen LogP contribution is -2.12. The number of rotatable bonds is 2. The topological polar surface area (TPSA) is 58.9 Å². The van der Waals surface area contributed by atoms with Gasteiger partial charge in [0, 0.05) is 6.42 Å². The van der Waals surface area contributed by atoms with Crippen LogP contribution in [0.25, 0.3) is 0 Å². The minimum Gasteiger partial charge on any atom is -0.481 e. The lowest BCUT2D eigenvalue weighted by Gasteiger charge is -2.01. The van der Waals surface area contributed by atoms with Crippen molar-refractivity contribution >= 4 is 22.7 Å². The quantitative estimate of drug-likeness (QED) is 0.655. The SMILES string of the molecule is O=C(O)CC1CC(Cl)=NO1. The molecule has 1 heterocycles. The molecular formula is C5H6ClNO3. The minimum atomic E-state index is -0.897. The Hall–Kier alpha value is -0.770. The summed E-state index contributed by atoms with van der Waals surface area (Å²) >= 11 is 5.42. The molecule has 0 bridgehead atoms. The van der Waals surface area contributed by atoms with Gasteiger partial charge in [-0.15, -0.1) is 0 Å². The lowest BCUT2D eigenvalue weighted by molar-refractivity contribution is -0.139. The minimum absolute atomic E-state index is 0.0419.